The monoisotopic (exact) mass is 369 g/mol. The van der Waals surface area contributed by atoms with Crippen molar-refractivity contribution in [3.05, 3.63) is 54.1 Å². The molecule has 0 saturated carbocycles. The maximum atomic E-state index is 12.3. The molecule has 5 heteroatoms. The lowest BCUT2D eigenvalue weighted by Gasteiger charge is -2.10. The van der Waals surface area contributed by atoms with Crippen LogP contribution < -0.4 is 0 Å². The zero-order valence-electron chi connectivity index (χ0n) is 15.6. The van der Waals surface area contributed by atoms with Crippen LogP contribution in [0, 0.1) is 6.92 Å². The minimum atomic E-state index is -0.884. The van der Waals surface area contributed by atoms with E-state index in [2.05, 4.69) is 23.4 Å². The van der Waals surface area contributed by atoms with Crippen LogP contribution in [0.3, 0.4) is 0 Å². The summed E-state index contributed by atoms with van der Waals surface area (Å²) in [6.07, 6.45) is 9.00. The summed E-state index contributed by atoms with van der Waals surface area (Å²) in [4.78, 5) is 9.99. The third-order valence-electron chi connectivity index (χ3n) is 4.60. The molecule has 2 heterocycles. The van der Waals surface area contributed by atoms with Crippen molar-refractivity contribution in [1.29, 1.82) is 0 Å². The van der Waals surface area contributed by atoms with Crippen molar-refractivity contribution >= 4 is 21.8 Å². The Hall–Kier alpha value is -2.01. The number of hydrogen-bond acceptors (Lipinski definition) is 3. The second-order valence-corrected chi connectivity index (χ2v) is 8.25. The van der Waals surface area contributed by atoms with E-state index in [-0.39, 0.29) is 0 Å². The molecule has 1 atom stereocenters. The lowest BCUT2D eigenvalue weighted by atomic mass is 10.2. The molecule has 138 valence electrons. The molecule has 0 amide bonds. The second-order valence-electron chi connectivity index (χ2n) is 6.68. The highest BCUT2D eigenvalue weighted by Gasteiger charge is 2.12. The summed E-state index contributed by atoms with van der Waals surface area (Å²) in [5, 5.41) is 0. The van der Waals surface area contributed by atoms with Gasteiger partial charge in [0, 0.05) is 29.8 Å². The van der Waals surface area contributed by atoms with Gasteiger partial charge in [-0.15, -0.1) is 0 Å². The van der Waals surface area contributed by atoms with Gasteiger partial charge in [-0.2, -0.15) is 0 Å². The Morgan fingerprint density at radius 3 is 2.65 bits per heavy atom. The van der Waals surface area contributed by atoms with Crippen molar-refractivity contribution in [2.45, 2.75) is 57.4 Å². The predicted octanol–water partition coefficient (Wildman–Crippen LogP) is 4.67. The van der Waals surface area contributed by atoms with Crippen LogP contribution in [0.25, 0.3) is 11.0 Å². The van der Waals surface area contributed by atoms with E-state index in [1.54, 1.807) is 0 Å². The number of hydrogen-bond donors (Lipinski definition) is 0. The maximum absolute atomic E-state index is 12.3. The summed E-state index contributed by atoms with van der Waals surface area (Å²) in [6.45, 7) is 5.26. The molecule has 0 saturated heterocycles. The molecule has 0 N–H and O–H groups in total. The molecule has 2 aromatic heterocycles. The lowest BCUT2D eigenvalue weighted by molar-refractivity contribution is 0.587. The predicted molar refractivity (Wildman–Crippen MR) is 108 cm³/mol. The largest absolute Gasteiger partial charge is 0.328 e. The Bertz CT molecular complexity index is 874. The summed E-state index contributed by atoms with van der Waals surface area (Å²) in [6, 6.07) is 9.75. The van der Waals surface area contributed by atoms with Crippen LogP contribution in [0.1, 0.15) is 44.0 Å². The quantitative estimate of drug-likeness (QED) is 0.515. The number of aromatic nitrogens is 3. The van der Waals surface area contributed by atoms with E-state index < -0.39 is 10.8 Å². The molecule has 0 spiro atoms. The zero-order chi connectivity index (χ0) is 18.4. The number of imidazole rings is 1. The highest BCUT2D eigenvalue weighted by molar-refractivity contribution is 7.85. The van der Waals surface area contributed by atoms with Crippen molar-refractivity contribution in [3.63, 3.8) is 0 Å². The van der Waals surface area contributed by atoms with Crippen molar-refractivity contribution in [1.82, 2.24) is 14.5 Å². The molecule has 0 aliphatic heterocycles. The first-order chi connectivity index (χ1) is 12.7. The molecule has 3 aromatic rings. The van der Waals surface area contributed by atoms with E-state index in [1.807, 2.05) is 42.7 Å². The minimum Gasteiger partial charge on any atom is -0.328 e. The Morgan fingerprint density at radius 1 is 1.08 bits per heavy atom. The van der Waals surface area contributed by atoms with Crippen molar-refractivity contribution < 1.29 is 4.21 Å². The molecule has 0 aliphatic carbocycles. The van der Waals surface area contributed by atoms with Gasteiger partial charge in [0.1, 0.15) is 11.3 Å². The number of nitrogens with zero attached hydrogens (tertiary/aromatic N) is 3. The first-order valence-corrected chi connectivity index (χ1v) is 10.8. The molecule has 26 heavy (non-hydrogen) atoms. The van der Waals surface area contributed by atoms with Crippen molar-refractivity contribution in [2.24, 2.45) is 0 Å². The van der Waals surface area contributed by atoms with Crippen molar-refractivity contribution in [2.75, 3.05) is 5.75 Å². The van der Waals surface area contributed by atoms with E-state index in [0.717, 1.165) is 60.6 Å². The summed E-state index contributed by atoms with van der Waals surface area (Å²) in [7, 11) is -0.884. The van der Waals surface area contributed by atoms with Gasteiger partial charge in [-0.25, -0.2) is 4.98 Å². The topological polar surface area (TPSA) is 47.8 Å². The number of pyridine rings is 1. The average molecular weight is 370 g/mol. The summed E-state index contributed by atoms with van der Waals surface area (Å²) in [5.74, 6) is 1.89. The molecular formula is C21H27N3OS. The van der Waals surface area contributed by atoms with Gasteiger partial charge in [0.15, 0.2) is 0 Å². The van der Waals surface area contributed by atoms with E-state index in [1.165, 1.54) is 11.1 Å². The van der Waals surface area contributed by atoms with Gasteiger partial charge in [-0.3, -0.25) is 9.19 Å². The number of benzene rings is 1. The lowest BCUT2D eigenvalue weighted by Crippen LogP contribution is -2.05. The molecule has 0 bridgehead atoms. The van der Waals surface area contributed by atoms with E-state index in [4.69, 9.17) is 4.98 Å². The van der Waals surface area contributed by atoms with Crippen LogP contribution >= 0.6 is 0 Å². The highest BCUT2D eigenvalue weighted by Crippen LogP contribution is 2.21. The van der Waals surface area contributed by atoms with Gasteiger partial charge < -0.3 is 4.57 Å². The van der Waals surface area contributed by atoms with Crippen LogP contribution in [-0.4, -0.2) is 24.5 Å². The molecule has 0 radical (unpaired) electrons. The maximum Gasteiger partial charge on any atom is 0.109 e. The molecular weight excluding hydrogens is 342 g/mol. The number of aryl methyl sites for hydroxylation is 3. The molecule has 0 aliphatic rings. The van der Waals surface area contributed by atoms with E-state index >= 15 is 0 Å². The SMILES string of the molecule is CCCc1nc2cncc(C)c2n1CCCCCS(=O)c1ccccc1. The van der Waals surface area contributed by atoms with Gasteiger partial charge in [0.25, 0.3) is 0 Å². The van der Waals surface area contributed by atoms with E-state index in [9.17, 15) is 4.21 Å². The fraction of sp³-hybridized carbons (Fsp3) is 0.429. The van der Waals surface area contributed by atoms with Crippen LogP contribution in [-0.2, 0) is 23.8 Å². The molecule has 0 fully saturated rings. The highest BCUT2D eigenvalue weighted by atomic mass is 32.2. The zero-order valence-corrected chi connectivity index (χ0v) is 16.5. The van der Waals surface area contributed by atoms with Crippen LogP contribution in [0.15, 0.2) is 47.6 Å². The second kappa shape index (κ2) is 9.08. The summed E-state index contributed by atoms with van der Waals surface area (Å²) in [5.41, 5.74) is 3.40. The number of fused-ring (bicyclic) bond motifs is 1. The Kier molecular flexibility index (Phi) is 6.56. The fourth-order valence-electron chi connectivity index (χ4n) is 3.33. The third kappa shape index (κ3) is 4.39. The normalized spacial score (nSPS) is 12.5. The van der Waals surface area contributed by atoms with Crippen LogP contribution in [0.4, 0.5) is 0 Å². The Labute approximate surface area is 158 Å². The van der Waals surface area contributed by atoms with Crippen molar-refractivity contribution in [3.8, 4) is 0 Å². The van der Waals surface area contributed by atoms with Gasteiger partial charge >= 0.3 is 0 Å². The number of unbranched alkanes of at least 4 members (excludes halogenated alkanes) is 2. The van der Waals surface area contributed by atoms with Crippen LogP contribution in [0.5, 0.6) is 0 Å². The first kappa shape index (κ1) is 18.8. The van der Waals surface area contributed by atoms with Gasteiger partial charge in [-0.1, -0.05) is 31.5 Å². The Morgan fingerprint density at radius 2 is 1.88 bits per heavy atom. The summed E-state index contributed by atoms with van der Waals surface area (Å²) < 4.78 is 14.6. The standard InChI is InChI=1S/C21H27N3OS/c1-3-10-20-23-19-16-22-15-17(2)21(19)24(20)13-8-5-9-14-26(25)18-11-6-4-7-12-18/h4,6-7,11-12,15-16H,3,5,8-10,13-14H2,1-2H3. The smallest absolute Gasteiger partial charge is 0.109 e. The molecule has 1 unspecified atom stereocenters. The first-order valence-electron chi connectivity index (χ1n) is 9.44. The van der Waals surface area contributed by atoms with Gasteiger partial charge in [0.05, 0.1) is 22.5 Å². The van der Waals surface area contributed by atoms with Gasteiger partial charge in [-0.05, 0) is 43.9 Å². The van der Waals surface area contributed by atoms with Crippen LogP contribution in [0.2, 0.25) is 0 Å². The molecule has 4 nitrogen and oxygen atoms in total. The van der Waals surface area contributed by atoms with E-state index in [0.29, 0.717) is 0 Å². The fourth-order valence-corrected chi connectivity index (χ4v) is 4.49. The summed E-state index contributed by atoms with van der Waals surface area (Å²) >= 11 is 0. The average Bonchev–Trinajstić information content (AvgIpc) is 3.01. The number of rotatable bonds is 9. The van der Waals surface area contributed by atoms with Gasteiger partial charge in [0.2, 0.25) is 0 Å². The Balaban J connectivity index is 1.58. The molecule has 3 rings (SSSR count). The minimum absolute atomic E-state index is 0.736. The third-order valence-corrected chi connectivity index (χ3v) is 6.06. The molecule has 1 aromatic carbocycles.